The van der Waals surface area contributed by atoms with Crippen molar-refractivity contribution in [3.8, 4) is 0 Å². The lowest BCUT2D eigenvalue weighted by molar-refractivity contribution is 0.0473. The molecule has 2 heterocycles. The van der Waals surface area contributed by atoms with E-state index in [1.54, 1.807) is 17.2 Å². The second-order valence-electron chi connectivity index (χ2n) is 4.04. The third kappa shape index (κ3) is 2.97. The van der Waals surface area contributed by atoms with E-state index in [1.807, 2.05) is 0 Å². The van der Waals surface area contributed by atoms with Gasteiger partial charge < -0.3 is 10.0 Å². The Morgan fingerprint density at radius 2 is 2.41 bits per heavy atom. The van der Waals surface area contributed by atoms with E-state index in [-0.39, 0.29) is 11.1 Å². The van der Waals surface area contributed by atoms with E-state index in [4.69, 9.17) is 11.6 Å². The molecule has 0 radical (unpaired) electrons. The summed E-state index contributed by atoms with van der Waals surface area (Å²) in [5.74, 6) is -0.178. The molecule has 1 aliphatic rings. The normalized spacial score (nSPS) is 20.4. The van der Waals surface area contributed by atoms with Crippen LogP contribution in [0.5, 0.6) is 0 Å². The molecule has 1 fully saturated rings. The Balaban J connectivity index is 2.21. The number of aliphatic hydroxyl groups excluding tert-OH is 1. The van der Waals surface area contributed by atoms with Crippen LogP contribution < -0.4 is 0 Å². The fraction of sp³-hybridized carbons (Fsp3) is 0.455. The van der Waals surface area contributed by atoms with Gasteiger partial charge in [0, 0.05) is 23.8 Å². The van der Waals surface area contributed by atoms with Crippen molar-refractivity contribution < 1.29 is 9.90 Å². The van der Waals surface area contributed by atoms with Gasteiger partial charge in [0.1, 0.15) is 5.15 Å². The molecule has 4 nitrogen and oxygen atoms in total. The number of aromatic nitrogens is 1. The average molecular weight is 320 g/mol. The Morgan fingerprint density at radius 3 is 3.12 bits per heavy atom. The van der Waals surface area contributed by atoms with Gasteiger partial charge in [-0.15, -0.1) is 0 Å². The van der Waals surface area contributed by atoms with Crippen molar-refractivity contribution in [2.45, 2.75) is 18.9 Å². The van der Waals surface area contributed by atoms with Crippen LogP contribution in [0.4, 0.5) is 0 Å². The van der Waals surface area contributed by atoms with E-state index in [9.17, 15) is 9.90 Å². The third-order valence-corrected chi connectivity index (χ3v) is 3.45. The number of pyridine rings is 1. The number of halogens is 2. The van der Waals surface area contributed by atoms with Crippen LogP contribution in [0.1, 0.15) is 23.2 Å². The van der Waals surface area contributed by atoms with Gasteiger partial charge in [-0.1, -0.05) is 11.6 Å². The molecule has 1 aromatic heterocycles. The number of likely N-dealkylation sites (tertiary alicyclic amines) is 1. The topological polar surface area (TPSA) is 53.4 Å². The summed E-state index contributed by atoms with van der Waals surface area (Å²) in [6, 6.07) is 1.65. The van der Waals surface area contributed by atoms with Crippen LogP contribution >= 0.6 is 27.5 Å². The van der Waals surface area contributed by atoms with E-state index in [0.717, 1.165) is 12.8 Å². The first kappa shape index (κ1) is 12.8. The molecule has 0 aromatic carbocycles. The van der Waals surface area contributed by atoms with Crippen LogP contribution in [0, 0.1) is 0 Å². The standard InChI is InChI=1S/C11H12BrClN2O2/c12-7-4-9(10(13)14-5-7)11(17)15-3-1-2-8(16)6-15/h4-5,8,16H,1-3,6H2/t8-/m0/s1. The number of β-amino-alcohol motifs (C(OH)–C–C–N with tert-alkyl or cyclic N) is 1. The lowest BCUT2D eigenvalue weighted by atomic mass is 10.1. The van der Waals surface area contributed by atoms with Gasteiger partial charge in [-0.25, -0.2) is 4.98 Å². The second kappa shape index (κ2) is 5.33. The van der Waals surface area contributed by atoms with Crippen molar-refractivity contribution in [1.82, 2.24) is 9.88 Å². The number of nitrogens with zero attached hydrogens (tertiary/aromatic N) is 2. The first-order chi connectivity index (χ1) is 8.08. The van der Waals surface area contributed by atoms with Crippen LogP contribution in [0.3, 0.4) is 0 Å². The number of carbonyl (C=O) groups is 1. The summed E-state index contributed by atoms with van der Waals surface area (Å²) in [7, 11) is 0. The fourth-order valence-electron chi connectivity index (χ4n) is 1.88. The summed E-state index contributed by atoms with van der Waals surface area (Å²) in [5.41, 5.74) is 0.371. The van der Waals surface area contributed by atoms with Crippen LogP contribution in [0.2, 0.25) is 5.15 Å². The van der Waals surface area contributed by atoms with Crippen molar-refractivity contribution >= 4 is 33.4 Å². The average Bonchev–Trinajstić information content (AvgIpc) is 2.31. The monoisotopic (exact) mass is 318 g/mol. The predicted molar refractivity (Wildman–Crippen MR) is 68.1 cm³/mol. The second-order valence-corrected chi connectivity index (χ2v) is 5.31. The Hall–Kier alpha value is -0.650. The molecule has 1 aliphatic heterocycles. The smallest absolute Gasteiger partial charge is 0.257 e. The molecular formula is C11H12BrClN2O2. The minimum absolute atomic E-state index is 0.178. The summed E-state index contributed by atoms with van der Waals surface area (Å²) < 4.78 is 0.711. The minimum Gasteiger partial charge on any atom is -0.391 e. The van der Waals surface area contributed by atoms with E-state index >= 15 is 0 Å². The van der Waals surface area contributed by atoms with Gasteiger partial charge in [0.2, 0.25) is 0 Å². The minimum atomic E-state index is -0.438. The highest BCUT2D eigenvalue weighted by Crippen LogP contribution is 2.21. The number of aliphatic hydroxyl groups is 1. The third-order valence-electron chi connectivity index (χ3n) is 2.72. The highest BCUT2D eigenvalue weighted by Gasteiger charge is 2.24. The Bertz CT molecular complexity index is 441. The van der Waals surface area contributed by atoms with Gasteiger partial charge in [-0.3, -0.25) is 4.79 Å². The molecule has 0 saturated carbocycles. The summed E-state index contributed by atoms with van der Waals surface area (Å²) in [4.78, 5) is 17.7. The number of hydrogen-bond donors (Lipinski definition) is 1. The predicted octanol–water partition coefficient (Wildman–Crippen LogP) is 2.09. The van der Waals surface area contributed by atoms with E-state index in [2.05, 4.69) is 20.9 Å². The molecule has 1 atom stereocenters. The number of carbonyl (C=O) groups excluding carboxylic acids is 1. The fourth-order valence-corrected chi connectivity index (χ4v) is 2.40. The molecule has 0 aliphatic carbocycles. The van der Waals surface area contributed by atoms with E-state index < -0.39 is 6.10 Å². The van der Waals surface area contributed by atoms with Crippen LogP contribution in [-0.4, -0.2) is 40.1 Å². The Morgan fingerprint density at radius 1 is 1.65 bits per heavy atom. The maximum absolute atomic E-state index is 12.2. The summed E-state index contributed by atoms with van der Waals surface area (Å²) >= 11 is 9.16. The Labute approximate surface area is 113 Å². The van der Waals surface area contributed by atoms with Crippen LogP contribution in [0.15, 0.2) is 16.7 Å². The van der Waals surface area contributed by atoms with Crippen molar-refractivity contribution in [2.75, 3.05) is 13.1 Å². The molecule has 1 N–H and O–H groups in total. The van der Waals surface area contributed by atoms with Crippen LogP contribution in [0.25, 0.3) is 0 Å². The summed E-state index contributed by atoms with van der Waals surface area (Å²) in [6.07, 6.45) is 2.66. The molecule has 1 aromatic rings. The molecule has 1 amide bonds. The first-order valence-electron chi connectivity index (χ1n) is 5.36. The molecule has 92 valence electrons. The SMILES string of the molecule is O=C(c1cc(Br)cnc1Cl)N1CCC[C@H](O)C1. The zero-order valence-electron chi connectivity index (χ0n) is 9.07. The van der Waals surface area contributed by atoms with Crippen molar-refractivity contribution in [3.63, 3.8) is 0 Å². The summed E-state index contributed by atoms with van der Waals surface area (Å²) in [5, 5.41) is 9.74. The molecule has 6 heteroatoms. The molecular weight excluding hydrogens is 307 g/mol. The lowest BCUT2D eigenvalue weighted by Gasteiger charge is -2.30. The zero-order chi connectivity index (χ0) is 12.4. The maximum Gasteiger partial charge on any atom is 0.257 e. The molecule has 17 heavy (non-hydrogen) atoms. The molecule has 1 saturated heterocycles. The number of piperidine rings is 1. The van der Waals surface area contributed by atoms with Crippen LogP contribution in [-0.2, 0) is 0 Å². The number of hydrogen-bond acceptors (Lipinski definition) is 3. The number of amides is 1. The van der Waals surface area contributed by atoms with Gasteiger partial charge in [-0.2, -0.15) is 0 Å². The quantitative estimate of drug-likeness (QED) is 0.807. The first-order valence-corrected chi connectivity index (χ1v) is 6.53. The van der Waals surface area contributed by atoms with Gasteiger partial charge >= 0.3 is 0 Å². The van der Waals surface area contributed by atoms with Crippen molar-refractivity contribution in [2.24, 2.45) is 0 Å². The lowest BCUT2D eigenvalue weighted by Crippen LogP contribution is -2.42. The molecule has 0 unspecified atom stereocenters. The Kier molecular flexibility index (Phi) is 4.01. The van der Waals surface area contributed by atoms with Gasteiger partial charge in [-0.05, 0) is 34.8 Å². The highest BCUT2D eigenvalue weighted by atomic mass is 79.9. The van der Waals surface area contributed by atoms with Crippen molar-refractivity contribution in [1.29, 1.82) is 0 Å². The molecule has 0 bridgehead atoms. The van der Waals surface area contributed by atoms with E-state index in [0.29, 0.717) is 23.1 Å². The highest BCUT2D eigenvalue weighted by molar-refractivity contribution is 9.10. The van der Waals surface area contributed by atoms with Crippen molar-refractivity contribution in [3.05, 3.63) is 27.5 Å². The molecule has 2 rings (SSSR count). The summed E-state index contributed by atoms with van der Waals surface area (Å²) in [6.45, 7) is 1.01. The maximum atomic E-state index is 12.2. The van der Waals surface area contributed by atoms with E-state index in [1.165, 1.54) is 0 Å². The van der Waals surface area contributed by atoms with Gasteiger partial charge in [0.15, 0.2) is 0 Å². The largest absolute Gasteiger partial charge is 0.391 e. The molecule has 0 spiro atoms. The number of rotatable bonds is 1. The van der Waals surface area contributed by atoms with Gasteiger partial charge in [0.05, 0.1) is 11.7 Å². The zero-order valence-corrected chi connectivity index (χ0v) is 11.4. The van der Waals surface area contributed by atoms with Gasteiger partial charge in [0.25, 0.3) is 5.91 Å².